The number of rotatable bonds is 9. The molecule has 1 aromatic heterocycles. The van der Waals surface area contributed by atoms with Crippen LogP contribution in [0.4, 0.5) is 10.1 Å². The molecule has 0 atom stereocenters. The molecular formula is C24H26FN3OS. The highest BCUT2D eigenvalue weighted by Crippen LogP contribution is 2.25. The van der Waals surface area contributed by atoms with Crippen LogP contribution in [-0.4, -0.2) is 28.9 Å². The van der Waals surface area contributed by atoms with Gasteiger partial charge >= 0.3 is 0 Å². The van der Waals surface area contributed by atoms with Crippen molar-refractivity contribution in [1.29, 1.82) is 0 Å². The van der Waals surface area contributed by atoms with Crippen LogP contribution in [0.2, 0.25) is 0 Å². The summed E-state index contributed by atoms with van der Waals surface area (Å²) in [5, 5.41) is 3.65. The predicted molar refractivity (Wildman–Crippen MR) is 121 cm³/mol. The van der Waals surface area contributed by atoms with Gasteiger partial charge in [-0.3, -0.25) is 9.69 Å². The lowest BCUT2D eigenvalue weighted by atomic mass is 10.1. The number of thioether (sulfide) groups is 1. The van der Waals surface area contributed by atoms with Crippen molar-refractivity contribution in [3.05, 3.63) is 89.4 Å². The van der Waals surface area contributed by atoms with Crippen molar-refractivity contribution in [3.8, 4) is 0 Å². The number of carbonyl (C=O) groups is 1. The molecule has 30 heavy (non-hydrogen) atoms. The van der Waals surface area contributed by atoms with Crippen molar-refractivity contribution in [2.45, 2.75) is 31.2 Å². The maximum Gasteiger partial charge on any atom is 0.258 e. The summed E-state index contributed by atoms with van der Waals surface area (Å²) < 4.78 is 13.1. The standard InChI is InChI=1S/C24H26FN3OS/c1-3-28(4-2)16-19-7-5-8-21(15-19)27-23(29)22-9-6-14-26-24(22)30-17-18-10-12-20(25)13-11-18/h5-15H,3-4,16-17H2,1-2H3,(H,27,29). The minimum Gasteiger partial charge on any atom is -0.322 e. The van der Waals surface area contributed by atoms with Crippen LogP contribution in [0.5, 0.6) is 0 Å². The molecule has 0 unspecified atom stereocenters. The van der Waals surface area contributed by atoms with Gasteiger partial charge in [-0.25, -0.2) is 9.37 Å². The van der Waals surface area contributed by atoms with Gasteiger partial charge in [-0.2, -0.15) is 0 Å². The molecule has 1 heterocycles. The third-order valence-electron chi connectivity index (χ3n) is 4.79. The van der Waals surface area contributed by atoms with E-state index in [0.29, 0.717) is 16.3 Å². The zero-order chi connectivity index (χ0) is 21.3. The number of aromatic nitrogens is 1. The average Bonchev–Trinajstić information content (AvgIpc) is 2.77. The topological polar surface area (TPSA) is 45.2 Å². The van der Waals surface area contributed by atoms with Crippen molar-refractivity contribution < 1.29 is 9.18 Å². The Balaban J connectivity index is 1.69. The van der Waals surface area contributed by atoms with E-state index in [1.165, 1.54) is 23.9 Å². The second-order valence-corrected chi connectivity index (χ2v) is 7.85. The van der Waals surface area contributed by atoms with E-state index in [9.17, 15) is 9.18 Å². The molecule has 0 saturated carbocycles. The number of halogens is 1. The quantitative estimate of drug-likeness (QED) is 0.455. The lowest BCUT2D eigenvalue weighted by Crippen LogP contribution is -2.22. The molecule has 0 aliphatic carbocycles. The van der Waals surface area contributed by atoms with Crippen LogP contribution in [0, 0.1) is 5.82 Å². The molecule has 3 rings (SSSR count). The van der Waals surface area contributed by atoms with Crippen LogP contribution in [0.3, 0.4) is 0 Å². The van der Waals surface area contributed by atoms with E-state index in [0.717, 1.165) is 36.4 Å². The molecule has 2 aromatic carbocycles. The van der Waals surface area contributed by atoms with Crippen molar-refractivity contribution in [2.24, 2.45) is 0 Å². The first-order valence-corrected chi connectivity index (χ1v) is 11.0. The van der Waals surface area contributed by atoms with Crippen LogP contribution in [0.1, 0.15) is 35.3 Å². The molecule has 0 aliphatic heterocycles. The Hall–Kier alpha value is -2.70. The van der Waals surface area contributed by atoms with Gasteiger partial charge in [0.2, 0.25) is 0 Å². The lowest BCUT2D eigenvalue weighted by molar-refractivity contribution is 0.102. The first-order chi connectivity index (χ1) is 14.6. The molecule has 6 heteroatoms. The first-order valence-electron chi connectivity index (χ1n) is 10.0. The van der Waals surface area contributed by atoms with Gasteiger partial charge in [0.05, 0.1) is 5.56 Å². The molecule has 0 saturated heterocycles. The third-order valence-corrected chi connectivity index (χ3v) is 5.87. The molecule has 0 radical (unpaired) electrons. The number of nitrogens with one attached hydrogen (secondary N) is 1. The zero-order valence-corrected chi connectivity index (χ0v) is 18.1. The van der Waals surface area contributed by atoms with Crippen LogP contribution in [-0.2, 0) is 12.3 Å². The van der Waals surface area contributed by atoms with E-state index in [1.807, 2.05) is 18.2 Å². The second kappa shape index (κ2) is 10.9. The summed E-state index contributed by atoms with van der Waals surface area (Å²) in [4.78, 5) is 19.6. The Bertz CT molecular complexity index is 974. The Kier molecular flexibility index (Phi) is 7.99. The van der Waals surface area contributed by atoms with Gasteiger partial charge in [0.15, 0.2) is 0 Å². The van der Waals surface area contributed by atoms with Gasteiger partial charge in [-0.1, -0.05) is 38.1 Å². The Morgan fingerprint density at radius 2 is 1.80 bits per heavy atom. The fourth-order valence-electron chi connectivity index (χ4n) is 3.06. The average molecular weight is 424 g/mol. The van der Waals surface area contributed by atoms with Gasteiger partial charge in [0, 0.05) is 24.2 Å². The Morgan fingerprint density at radius 3 is 2.53 bits per heavy atom. The first kappa shape index (κ1) is 22.0. The zero-order valence-electron chi connectivity index (χ0n) is 17.3. The SMILES string of the molecule is CCN(CC)Cc1cccc(NC(=O)c2cccnc2SCc2ccc(F)cc2)c1. The van der Waals surface area contributed by atoms with E-state index in [2.05, 4.69) is 35.1 Å². The van der Waals surface area contributed by atoms with E-state index in [-0.39, 0.29) is 11.7 Å². The number of pyridine rings is 1. The minimum absolute atomic E-state index is 0.190. The summed E-state index contributed by atoms with van der Waals surface area (Å²) in [6, 6.07) is 17.8. The number of anilines is 1. The number of nitrogens with zero attached hydrogens (tertiary/aromatic N) is 2. The van der Waals surface area contributed by atoms with Gasteiger partial charge in [-0.05, 0) is 60.6 Å². The Labute approximate surface area is 181 Å². The molecular weight excluding hydrogens is 397 g/mol. The number of hydrogen-bond donors (Lipinski definition) is 1. The highest BCUT2D eigenvalue weighted by atomic mass is 32.2. The molecule has 0 aliphatic rings. The molecule has 156 valence electrons. The van der Waals surface area contributed by atoms with Crippen molar-refractivity contribution in [2.75, 3.05) is 18.4 Å². The van der Waals surface area contributed by atoms with Crippen molar-refractivity contribution in [1.82, 2.24) is 9.88 Å². The van der Waals surface area contributed by atoms with E-state index < -0.39 is 0 Å². The number of amides is 1. The maximum atomic E-state index is 13.1. The largest absolute Gasteiger partial charge is 0.322 e. The summed E-state index contributed by atoms with van der Waals surface area (Å²) in [5.74, 6) is 0.159. The lowest BCUT2D eigenvalue weighted by Gasteiger charge is -2.18. The van der Waals surface area contributed by atoms with E-state index >= 15 is 0 Å². The van der Waals surface area contributed by atoms with E-state index in [4.69, 9.17) is 0 Å². The molecule has 4 nitrogen and oxygen atoms in total. The van der Waals surface area contributed by atoms with Crippen LogP contribution in [0.25, 0.3) is 0 Å². The summed E-state index contributed by atoms with van der Waals surface area (Å²) in [6.45, 7) is 7.10. The number of carbonyl (C=O) groups excluding carboxylic acids is 1. The highest BCUT2D eigenvalue weighted by molar-refractivity contribution is 7.98. The van der Waals surface area contributed by atoms with Gasteiger partial charge in [0.25, 0.3) is 5.91 Å². The minimum atomic E-state index is -0.259. The second-order valence-electron chi connectivity index (χ2n) is 6.89. The van der Waals surface area contributed by atoms with Gasteiger partial charge in [0.1, 0.15) is 10.8 Å². The monoisotopic (exact) mass is 423 g/mol. The van der Waals surface area contributed by atoms with Crippen LogP contribution >= 0.6 is 11.8 Å². The predicted octanol–water partition coefficient (Wildman–Crippen LogP) is 5.61. The normalized spacial score (nSPS) is 10.9. The summed E-state index contributed by atoms with van der Waals surface area (Å²) >= 11 is 1.46. The summed E-state index contributed by atoms with van der Waals surface area (Å²) in [7, 11) is 0. The van der Waals surface area contributed by atoms with Crippen molar-refractivity contribution in [3.63, 3.8) is 0 Å². The molecule has 0 bridgehead atoms. The highest BCUT2D eigenvalue weighted by Gasteiger charge is 2.14. The van der Waals surface area contributed by atoms with Crippen LogP contribution in [0.15, 0.2) is 71.9 Å². The molecule has 0 spiro atoms. The Morgan fingerprint density at radius 1 is 1.03 bits per heavy atom. The van der Waals surface area contributed by atoms with Gasteiger partial charge < -0.3 is 5.32 Å². The smallest absolute Gasteiger partial charge is 0.258 e. The van der Waals surface area contributed by atoms with Crippen LogP contribution < -0.4 is 5.32 Å². The summed E-state index contributed by atoms with van der Waals surface area (Å²) in [6.07, 6.45) is 1.68. The fourth-order valence-corrected chi connectivity index (χ4v) is 4.01. The molecule has 3 aromatic rings. The fraction of sp³-hybridized carbons (Fsp3) is 0.250. The van der Waals surface area contributed by atoms with Gasteiger partial charge in [-0.15, -0.1) is 11.8 Å². The van der Waals surface area contributed by atoms with E-state index in [1.54, 1.807) is 30.5 Å². The summed E-state index contributed by atoms with van der Waals surface area (Å²) in [5.41, 5.74) is 3.43. The molecule has 1 amide bonds. The maximum absolute atomic E-state index is 13.1. The third kappa shape index (κ3) is 6.15. The van der Waals surface area contributed by atoms with Crippen molar-refractivity contribution >= 4 is 23.4 Å². The number of hydrogen-bond acceptors (Lipinski definition) is 4. The molecule has 0 fully saturated rings. The number of benzene rings is 2. The molecule has 1 N–H and O–H groups in total.